The van der Waals surface area contributed by atoms with Crippen LogP contribution in [0.1, 0.15) is 31.4 Å². The third-order valence-electron chi connectivity index (χ3n) is 5.87. The molecular weight excluding hydrogens is 393 g/mol. The molecule has 0 aliphatic heterocycles. The van der Waals surface area contributed by atoms with Crippen LogP contribution in [-0.2, 0) is 0 Å². The lowest BCUT2D eigenvalue weighted by Crippen LogP contribution is -2.28. The van der Waals surface area contributed by atoms with Gasteiger partial charge < -0.3 is 14.7 Å². The number of aryl methyl sites for hydroxylation is 1. The third-order valence-corrected chi connectivity index (χ3v) is 5.87. The summed E-state index contributed by atoms with van der Waals surface area (Å²) in [5.41, 5.74) is 3.24. The molecule has 1 aliphatic rings. The van der Waals surface area contributed by atoms with Gasteiger partial charge in [0.05, 0.1) is 0 Å². The zero-order valence-corrected chi connectivity index (χ0v) is 16.4. The summed E-state index contributed by atoms with van der Waals surface area (Å²) >= 11 is 0. The van der Waals surface area contributed by atoms with Crippen LogP contribution in [0.25, 0.3) is 27.8 Å². The van der Waals surface area contributed by atoms with Crippen LogP contribution >= 0.6 is 0 Å². The van der Waals surface area contributed by atoms with Crippen LogP contribution in [0, 0.1) is 18.7 Å². The summed E-state index contributed by atoms with van der Waals surface area (Å²) in [6.45, 7) is 2.43. The molecular formula is C21H21F3N6. The number of H-pyrrole nitrogens is 1. The molecule has 1 aliphatic carbocycles. The second-order valence-electron chi connectivity index (χ2n) is 8.01. The van der Waals surface area contributed by atoms with Crippen molar-refractivity contribution in [3.63, 3.8) is 0 Å². The Hall–Kier alpha value is -3.10. The van der Waals surface area contributed by atoms with Gasteiger partial charge in [-0.2, -0.15) is 4.98 Å². The topological polar surface area (TPSA) is 70.9 Å². The Labute approximate surface area is 170 Å². The van der Waals surface area contributed by atoms with Crippen molar-refractivity contribution in [1.29, 1.82) is 0 Å². The van der Waals surface area contributed by atoms with Gasteiger partial charge >= 0.3 is 0 Å². The Morgan fingerprint density at radius 1 is 1.23 bits per heavy atom. The van der Waals surface area contributed by atoms with Gasteiger partial charge in [-0.1, -0.05) is 0 Å². The zero-order chi connectivity index (χ0) is 20.9. The number of rotatable bonds is 4. The molecule has 1 saturated carbocycles. The molecule has 0 atom stereocenters. The van der Waals surface area contributed by atoms with Crippen molar-refractivity contribution in [3.8, 4) is 11.1 Å². The van der Waals surface area contributed by atoms with E-state index in [1.807, 2.05) is 13.1 Å². The van der Waals surface area contributed by atoms with E-state index >= 15 is 0 Å². The largest absolute Gasteiger partial charge is 0.354 e. The van der Waals surface area contributed by atoms with E-state index in [1.165, 1.54) is 6.07 Å². The summed E-state index contributed by atoms with van der Waals surface area (Å²) in [5, 5.41) is 3.93. The molecule has 9 heteroatoms. The summed E-state index contributed by atoms with van der Waals surface area (Å²) in [6.07, 6.45) is 7.81. The van der Waals surface area contributed by atoms with Crippen molar-refractivity contribution in [1.82, 2.24) is 24.3 Å². The number of alkyl halides is 2. The average Bonchev–Trinajstić information content (AvgIpc) is 3.31. The van der Waals surface area contributed by atoms with E-state index in [4.69, 9.17) is 0 Å². The van der Waals surface area contributed by atoms with Crippen LogP contribution in [0.5, 0.6) is 0 Å². The minimum Gasteiger partial charge on any atom is -0.354 e. The first-order valence-corrected chi connectivity index (χ1v) is 9.99. The number of nitrogens with zero attached hydrogens (tertiary/aromatic N) is 4. The summed E-state index contributed by atoms with van der Waals surface area (Å²) in [4.78, 5) is 16.1. The maximum Gasteiger partial charge on any atom is 0.248 e. The van der Waals surface area contributed by atoms with Gasteiger partial charge in [-0.3, -0.25) is 0 Å². The third kappa shape index (κ3) is 3.38. The maximum absolute atomic E-state index is 14.5. The average molecular weight is 414 g/mol. The number of halogens is 3. The number of fused-ring (bicyclic) bond motifs is 2. The predicted molar refractivity (Wildman–Crippen MR) is 108 cm³/mol. The van der Waals surface area contributed by atoms with Crippen molar-refractivity contribution in [2.45, 2.75) is 38.5 Å². The summed E-state index contributed by atoms with van der Waals surface area (Å²) in [5.74, 6) is -2.28. The SMILES string of the molecule is Cc1cnc2c(F)cc(-c3c[nH]c4nc(NCC5CCC(F)(F)CC5)ncc34)cn12. The smallest absolute Gasteiger partial charge is 0.248 e. The lowest BCUT2D eigenvalue weighted by atomic mass is 9.87. The van der Waals surface area contributed by atoms with Crippen LogP contribution in [0.15, 0.2) is 30.9 Å². The van der Waals surface area contributed by atoms with Crippen LogP contribution < -0.4 is 5.32 Å². The first kappa shape index (κ1) is 18.9. The quantitative estimate of drug-likeness (QED) is 0.495. The molecule has 156 valence electrons. The van der Waals surface area contributed by atoms with Crippen LogP contribution in [0.4, 0.5) is 19.1 Å². The minimum atomic E-state index is -2.52. The van der Waals surface area contributed by atoms with Gasteiger partial charge in [-0.15, -0.1) is 0 Å². The van der Waals surface area contributed by atoms with Crippen molar-refractivity contribution >= 4 is 22.6 Å². The number of pyridine rings is 1. The molecule has 0 aromatic carbocycles. The van der Waals surface area contributed by atoms with Gasteiger partial charge in [-0.05, 0) is 31.7 Å². The van der Waals surface area contributed by atoms with Crippen LogP contribution in [-0.4, -0.2) is 36.8 Å². The van der Waals surface area contributed by atoms with Gasteiger partial charge in [0.25, 0.3) is 0 Å². The lowest BCUT2D eigenvalue weighted by molar-refractivity contribution is -0.0443. The van der Waals surface area contributed by atoms with Crippen LogP contribution in [0.2, 0.25) is 0 Å². The second-order valence-corrected chi connectivity index (χ2v) is 8.01. The van der Waals surface area contributed by atoms with Crippen molar-refractivity contribution in [2.24, 2.45) is 5.92 Å². The number of aromatic nitrogens is 5. The van der Waals surface area contributed by atoms with E-state index in [9.17, 15) is 13.2 Å². The minimum absolute atomic E-state index is 0.0590. The number of anilines is 1. The number of hydrogen-bond donors (Lipinski definition) is 2. The molecule has 0 spiro atoms. The first-order valence-electron chi connectivity index (χ1n) is 9.99. The van der Waals surface area contributed by atoms with E-state index in [2.05, 4.69) is 25.3 Å². The molecule has 0 bridgehead atoms. The van der Waals surface area contributed by atoms with Crippen molar-refractivity contribution in [3.05, 3.63) is 42.4 Å². The molecule has 0 radical (unpaired) electrons. The Balaban J connectivity index is 1.37. The zero-order valence-electron chi connectivity index (χ0n) is 16.4. The highest BCUT2D eigenvalue weighted by atomic mass is 19.3. The fourth-order valence-electron chi connectivity index (χ4n) is 4.08. The molecule has 5 rings (SSSR count). The Kier molecular flexibility index (Phi) is 4.41. The Bertz CT molecular complexity index is 1220. The summed E-state index contributed by atoms with van der Waals surface area (Å²) in [6, 6.07) is 1.45. The molecule has 30 heavy (non-hydrogen) atoms. The molecule has 6 nitrogen and oxygen atoms in total. The molecule has 1 fully saturated rings. The van der Waals surface area contributed by atoms with Gasteiger partial charge in [-0.25, -0.2) is 23.1 Å². The predicted octanol–water partition coefficient (Wildman–Crippen LogP) is 4.96. The monoisotopic (exact) mass is 414 g/mol. The molecule has 4 aromatic rings. The van der Waals surface area contributed by atoms with Gasteiger partial charge in [0.1, 0.15) is 5.65 Å². The highest BCUT2D eigenvalue weighted by Crippen LogP contribution is 2.36. The molecule has 0 amide bonds. The normalized spacial score (nSPS) is 17.1. The van der Waals surface area contributed by atoms with E-state index in [0.29, 0.717) is 42.2 Å². The van der Waals surface area contributed by atoms with E-state index in [-0.39, 0.29) is 18.8 Å². The highest BCUT2D eigenvalue weighted by Gasteiger charge is 2.34. The molecule has 0 unspecified atom stereocenters. The molecule has 4 aromatic heterocycles. The number of nitrogens with one attached hydrogen (secondary N) is 2. The number of imidazole rings is 1. The fraction of sp³-hybridized carbons (Fsp3) is 0.381. The maximum atomic E-state index is 14.5. The number of aromatic amines is 1. The molecule has 4 heterocycles. The van der Waals surface area contributed by atoms with E-state index < -0.39 is 11.7 Å². The van der Waals surface area contributed by atoms with Gasteiger partial charge in [0.15, 0.2) is 11.5 Å². The fourth-order valence-corrected chi connectivity index (χ4v) is 4.08. The van der Waals surface area contributed by atoms with E-state index in [0.717, 1.165) is 16.6 Å². The Morgan fingerprint density at radius 3 is 2.83 bits per heavy atom. The van der Waals surface area contributed by atoms with Crippen molar-refractivity contribution in [2.75, 3.05) is 11.9 Å². The summed E-state index contributed by atoms with van der Waals surface area (Å²) < 4.78 is 42.8. The van der Waals surface area contributed by atoms with E-state index in [1.54, 1.807) is 23.0 Å². The van der Waals surface area contributed by atoms with Crippen molar-refractivity contribution < 1.29 is 13.2 Å². The molecule has 2 N–H and O–H groups in total. The first-order chi connectivity index (χ1) is 14.4. The number of hydrogen-bond acceptors (Lipinski definition) is 4. The lowest BCUT2D eigenvalue weighted by Gasteiger charge is -2.28. The second kappa shape index (κ2) is 7.00. The van der Waals surface area contributed by atoms with Gasteiger partial charge in [0, 0.05) is 66.4 Å². The molecule has 0 saturated heterocycles. The van der Waals surface area contributed by atoms with Crippen LogP contribution in [0.3, 0.4) is 0 Å². The summed E-state index contributed by atoms with van der Waals surface area (Å²) in [7, 11) is 0. The Morgan fingerprint density at radius 2 is 2.03 bits per heavy atom. The van der Waals surface area contributed by atoms with Gasteiger partial charge in [0.2, 0.25) is 11.9 Å². The standard InChI is InChI=1S/C21H21F3N6/c1-12-7-26-19-17(22)6-14(11-30(12)19)15-9-25-18-16(15)10-28-20(29-18)27-8-13-2-4-21(23,24)5-3-13/h6-7,9-11,13H,2-5,8H2,1H3,(H2,25,27,28,29). The highest BCUT2D eigenvalue weighted by molar-refractivity contribution is 5.93.